The third-order valence-corrected chi connectivity index (χ3v) is 25.4. The van der Waals surface area contributed by atoms with Crippen molar-refractivity contribution in [1.82, 2.24) is 0 Å². The fourth-order valence-corrected chi connectivity index (χ4v) is 16.4. The minimum Gasteiger partial charge on any atom is -0.462 e. The van der Waals surface area contributed by atoms with E-state index in [-0.39, 0.29) is 25.7 Å². The van der Waals surface area contributed by atoms with Crippen LogP contribution in [0.4, 0.5) is 0 Å². The molecule has 0 saturated carbocycles. The quantitative estimate of drug-likeness (QED) is 0.0222. The predicted octanol–water partition coefficient (Wildman–Crippen LogP) is 29.6. The van der Waals surface area contributed by atoms with Crippen molar-refractivity contribution < 1.29 is 80.2 Å². The van der Waals surface area contributed by atoms with Crippen LogP contribution in [-0.4, -0.2) is 96.7 Å². The molecule has 678 valence electrons. The second kappa shape index (κ2) is 84.7. The molecule has 0 radical (unpaired) electrons. The predicted molar refractivity (Wildman–Crippen MR) is 474 cm³/mol. The number of ether oxygens (including phenoxy) is 4. The lowest BCUT2D eigenvalue weighted by molar-refractivity contribution is -0.161. The molecule has 0 saturated heterocycles. The summed E-state index contributed by atoms with van der Waals surface area (Å²) in [5, 5.41) is 10.7. The Hall–Kier alpha value is -1.94. The van der Waals surface area contributed by atoms with Gasteiger partial charge in [-0.25, -0.2) is 9.13 Å². The van der Waals surface area contributed by atoms with Crippen LogP contribution in [-0.2, 0) is 65.4 Å². The molecular weight excluding hydrogens is 1470 g/mol. The van der Waals surface area contributed by atoms with Crippen LogP contribution in [0.3, 0.4) is 0 Å². The molecule has 0 amide bonds. The molecule has 0 aliphatic rings. The standard InChI is InChI=1S/C95H186O17P2/c1-8-12-13-14-15-16-17-18-19-20-21-22-30-35-40-45-50-55-65-72-79-95(100)112-91(83-106-93(98)77-70-63-58-57-61-68-75-88(7)11-4)85-110-114(103,104)108-81-89(96)80-107-113(101,102)109-84-90(111-94(99)78-71-64-56-51-46-41-36-31-26-24-28-33-38-43-48-53-60-67-74-87(6)10-3)82-105-92(97)76-69-62-54-49-44-39-34-29-25-23-27-32-37-42-47-52-59-66-73-86(5)9-2/h86-91,96H,8-85H2,1-7H3,(H,101,102)(H,103,104)/t86?,87?,88?,89-,90-,91-/m1/s1. The normalized spacial score (nSPS) is 14.4. The molecule has 0 aromatic carbocycles. The number of hydrogen-bond acceptors (Lipinski definition) is 15. The van der Waals surface area contributed by atoms with Crippen LogP contribution in [0.25, 0.3) is 0 Å². The maximum Gasteiger partial charge on any atom is 0.472 e. The third-order valence-electron chi connectivity index (χ3n) is 23.5. The first-order chi connectivity index (χ1) is 55.3. The summed E-state index contributed by atoms with van der Waals surface area (Å²) in [5.74, 6) is 0.379. The average molecular weight is 1660 g/mol. The number of rotatable bonds is 93. The summed E-state index contributed by atoms with van der Waals surface area (Å²) in [6.07, 6.45) is 79.3. The van der Waals surface area contributed by atoms with E-state index >= 15 is 0 Å². The summed E-state index contributed by atoms with van der Waals surface area (Å²) in [6.45, 7) is 12.1. The van der Waals surface area contributed by atoms with Crippen LogP contribution in [0.15, 0.2) is 0 Å². The first-order valence-electron chi connectivity index (χ1n) is 49.0. The van der Waals surface area contributed by atoms with Gasteiger partial charge in [0.05, 0.1) is 26.4 Å². The van der Waals surface area contributed by atoms with Gasteiger partial charge in [0.25, 0.3) is 0 Å². The van der Waals surface area contributed by atoms with E-state index in [1.807, 2.05) is 0 Å². The van der Waals surface area contributed by atoms with E-state index in [1.165, 1.54) is 315 Å². The molecule has 0 aromatic heterocycles. The number of unbranched alkanes of at least 4 members (excludes halogenated alkanes) is 58. The molecular formula is C95H186O17P2. The maximum atomic E-state index is 13.2. The molecule has 0 bridgehead atoms. The molecule has 3 N–H and O–H groups in total. The molecule has 19 heteroatoms. The summed E-state index contributed by atoms with van der Waals surface area (Å²) < 4.78 is 69.2. The highest BCUT2D eigenvalue weighted by molar-refractivity contribution is 7.47. The monoisotopic (exact) mass is 1660 g/mol. The minimum atomic E-state index is -4.97. The zero-order valence-electron chi connectivity index (χ0n) is 75.6. The van der Waals surface area contributed by atoms with Crippen LogP contribution in [0.1, 0.15) is 511 Å². The Balaban J connectivity index is 5.21. The molecule has 114 heavy (non-hydrogen) atoms. The van der Waals surface area contributed by atoms with Crippen LogP contribution in [0, 0.1) is 17.8 Å². The average Bonchev–Trinajstić information content (AvgIpc) is 0.897. The largest absolute Gasteiger partial charge is 0.472 e. The minimum absolute atomic E-state index is 0.108. The lowest BCUT2D eigenvalue weighted by Crippen LogP contribution is -2.30. The van der Waals surface area contributed by atoms with E-state index in [1.54, 1.807) is 0 Å². The van der Waals surface area contributed by atoms with Crippen molar-refractivity contribution in [3.63, 3.8) is 0 Å². The summed E-state index contributed by atoms with van der Waals surface area (Å²) in [5.41, 5.74) is 0. The van der Waals surface area contributed by atoms with Gasteiger partial charge in [0.1, 0.15) is 19.3 Å². The van der Waals surface area contributed by atoms with E-state index in [0.29, 0.717) is 25.7 Å². The molecule has 8 atom stereocenters. The number of phosphoric acid groups is 2. The van der Waals surface area contributed by atoms with Crippen LogP contribution in [0.5, 0.6) is 0 Å². The molecule has 0 heterocycles. The molecule has 0 spiro atoms. The fourth-order valence-electron chi connectivity index (χ4n) is 14.9. The van der Waals surface area contributed by atoms with E-state index in [4.69, 9.17) is 37.0 Å². The van der Waals surface area contributed by atoms with Crippen molar-refractivity contribution >= 4 is 39.5 Å². The zero-order valence-corrected chi connectivity index (χ0v) is 77.4. The number of hydrogen-bond donors (Lipinski definition) is 3. The van der Waals surface area contributed by atoms with Crippen molar-refractivity contribution in [1.29, 1.82) is 0 Å². The summed E-state index contributed by atoms with van der Waals surface area (Å²) in [6, 6.07) is 0. The molecule has 0 aliphatic heterocycles. The Morgan fingerprint density at radius 3 is 0.623 bits per heavy atom. The molecule has 5 unspecified atom stereocenters. The Morgan fingerprint density at radius 1 is 0.246 bits per heavy atom. The van der Waals surface area contributed by atoms with Crippen molar-refractivity contribution in [3.8, 4) is 0 Å². The third kappa shape index (κ3) is 83.7. The zero-order chi connectivity index (χ0) is 83.6. The number of esters is 4. The van der Waals surface area contributed by atoms with Gasteiger partial charge in [-0.2, -0.15) is 0 Å². The van der Waals surface area contributed by atoms with Crippen molar-refractivity contribution in [3.05, 3.63) is 0 Å². The summed E-state index contributed by atoms with van der Waals surface area (Å²) in [4.78, 5) is 73.5. The Labute approximate surface area is 702 Å². The second-order valence-electron chi connectivity index (χ2n) is 34.8. The molecule has 0 rings (SSSR count). The maximum absolute atomic E-state index is 13.2. The number of carbonyl (C=O) groups is 4. The van der Waals surface area contributed by atoms with E-state index < -0.39 is 97.5 Å². The van der Waals surface area contributed by atoms with Gasteiger partial charge >= 0.3 is 39.5 Å². The Bertz CT molecular complexity index is 2190. The van der Waals surface area contributed by atoms with Crippen molar-refractivity contribution in [2.24, 2.45) is 17.8 Å². The van der Waals surface area contributed by atoms with Gasteiger partial charge in [-0.05, 0) is 43.4 Å². The molecule has 0 fully saturated rings. The molecule has 17 nitrogen and oxygen atoms in total. The van der Waals surface area contributed by atoms with Crippen molar-refractivity contribution in [2.75, 3.05) is 39.6 Å². The van der Waals surface area contributed by atoms with E-state index in [0.717, 1.165) is 114 Å². The first kappa shape index (κ1) is 112. The number of phosphoric ester groups is 2. The van der Waals surface area contributed by atoms with Gasteiger partial charge in [-0.1, -0.05) is 459 Å². The van der Waals surface area contributed by atoms with E-state index in [2.05, 4.69) is 48.5 Å². The topological polar surface area (TPSA) is 237 Å². The fraction of sp³-hybridized carbons (Fsp3) is 0.958. The number of carbonyl (C=O) groups excluding carboxylic acids is 4. The Morgan fingerprint density at radius 2 is 0.421 bits per heavy atom. The van der Waals surface area contributed by atoms with Gasteiger partial charge in [0, 0.05) is 25.7 Å². The summed E-state index contributed by atoms with van der Waals surface area (Å²) in [7, 11) is -9.94. The second-order valence-corrected chi connectivity index (χ2v) is 37.7. The van der Waals surface area contributed by atoms with Gasteiger partial charge < -0.3 is 33.8 Å². The van der Waals surface area contributed by atoms with Crippen LogP contribution >= 0.6 is 15.6 Å². The van der Waals surface area contributed by atoms with Gasteiger partial charge in [0.15, 0.2) is 12.2 Å². The lowest BCUT2D eigenvalue weighted by Gasteiger charge is -2.21. The number of aliphatic hydroxyl groups is 1. The van der Waals surface area contributed by atoms with Gasteiger partial charge in [0.2, 0.25) is 0 Å². The lowest BCUT2D eigenvalue weighted by atomic mass is 9.99. The van der Waals surface area contributed by atoms with Gasteiger partial charge in [-0.3, -0.25) is 37.3 Å². The number of aliphatic hydroxyl groups excluding tert-OH is 1. The smallest absolute Gasteiger partial charge is 0.462 e. The van der Waals surface area contributed by atoms with Crippen LogP contribution in [0.2, 0.25) is 0 Å². The summed E-state index contributed by atoms with van der Waals surface area (Å²) >= 11 is 0. The highest BCUT2D eigenvalue weighted by atomic mass is 31.2. The highest BCUT2D eigenvalue weighted by Crippen LogP contribution is 2.45. The Kier molecular flexibility index (Phi) is 83.2. The highest BCUT2D eigenvalue weighted by Gasteiger charge is 2.31. The van der Waals surface area contributed by atoms with Crippen molar-refractivity contribution in [2.45, 2.75) is 529 Å². The molecule has 0 aliphatic carbocycles. The first-order valence-corrected chi connectivity index (χ1v) is 52.0. The SMILES string of the molecule is CCCCCCCCCCCCCCCCCCCCCCC(=O)O[C@H](COC(=O)CCCCCCCCC(C)CC)COP(=O)(O)OC[C@H](O)COP(=O)(O)OC[C@@H](COC(=O)CCCCCCCCCCCCCCCCCCCCC(C)CC)OC(=O)CCCCCCCCCCCCCCCCCCCCC(C)CC. The van der Waals surface area contributed by atoms with Crippen LogP contribution < -0.4 is 0 Å². The molecule has 0 aromatic rings. The van der Waals surface area contributed by atoms with Gasteiger partial charge in [-0.15, -0.1) is 0 Å². The van der Waals surface area contributed by atoms with E-state index in [9.17, 15) is 43.2 Å².